The average molecular weight is 349 g/mol. The highest BCUT2D eigenvalue weighted by Gasteiger charge is 2.54. The number of piperidine rings is 1. The van der Waals surface area contributed by atoms with Crippen molar-refractivity contribution in [2.75, 3.05) is 20.2 Å². The number of hydrogen-bond acceptors (Lipinski definition) is 3. The minimum Gasteiger partial charge on any atom is -0.494 e. The zero-order chi connectivity index (χ0) is 18.0. The van der Waals surface area contributed by atoms with Crippen LogP contribution in [0.2, 0.25) is 0 Å². The van der Waals surface area contributed by atoms with Gasteiger partial charge in [0.1, 0.15) is 0 Å². The molecular formula is C16H19F4NO3. The number of likely N-dealkylation sites (tertiary alicyclic amines) is 1. The Hall–Kier alpha value is -1.83. The van der Waals surface area contributed by atoms with Gasteiger partial charge in [-0.3, -0.25) is 4.79 Å². The van der Waals surface area contributed by atoms with Crippen LogP contribution in [0.25, 0.3) is 0 Å². The first kappa shape index (κ1) is 18.5. The van der Waals surface area contributed by atoms with Crippen molar-refractivity contribution in [2.45, 2.75) is 37.5 Å². The Morgan fingerprint density at radius 3 is 2.46 bits per heavy atom. The third-order valence-electron chi connectivity index (χ3n) is 4.31. The summed E-state index contributed by atoms with van der Waals surface area (Å²) < 4.78 is 56.5. The van der Waals surface area contributed by atoms with Gasteiger partial charge in [0, 0.05) is 32.4 Å². The molecule has 0 saturated carbocycles. The topological polar surface area (TPSA) is 49.8 Å². The van der Waals surface area contributed by atoms with E-state index in [2.05, 4.69) is 0 Å². The zero-order valence-electron chi connectivity index (χ0n) is 13.2. The summed E-state index contributed by atoms with van der Waals surface area (Å²) in [5.41, 5.74) is -2.12. The summed E-state index contributed by atoms with van der Waals surface area (Å²) in [5, 5.41) is 9.58. The summed E-state index contributed by atoms with van der Waals surface area (Å²) in [6.45, 7) is -0.294. The van der Waals surface area contributed by atoms with Gasteiger partial charge in [0.05, 0.1) is 7.11 Å². The molecule has 0 aromatic heterocycles. The molecule has 1 aromatic rings. The molecule has 1 heterocycles. The molecule has 2 rings (SSSR count). The molecule has 1 aliphatic rings. The lowest BCUT2D eigenvalue weighted by Crippen LogP contribution is -2.54. The van der Waals surface area contributed by atoms with Gasteiger partial charge >= 0.3 is 6.18 Å². The lowest BCUT2D eigenvalue weighted by atomic mass is 9.90. The number of ether oxygens (including phenoxy) is 1. The van der Waals surface area contributed by atoms with E-state index < -0.39 is 30.4 Å². The molecule has 4 nitrogen and oxygen atoms in total. The molecule has 0 unspecified atom stereocenters. The highest BCUT2D eigenvalue weighted by Crippen LogP contribution is 2.38. The number of alkyl halides is 3. The van der Waals surface area contributed by atoms with Crippen LogP contribution in [-0.2, 0) is 11.2 Å². The monoisotopic (exact) mass is 349 g/mol. The molecule has 0 atom stereocenters. The molecule has 1 N–H and O–H groups in total. The van der Waals surface area contributed by atoms with Gasteiger partial charge in [0.25, 0.3) is 0 Å². The van der Waals surface area contributed by atoms with Crippen LogP contribution in [0, 0.1) is 5.82 Å². The molecule has 0 bridgehead atoms. The van der Waals surface area contributed by atoms with Crippen LogP contribution in [0.5, 0.6) is 5.75 Å². The molecule has 1 fully saturated rings. The van der Waals surface area contributed by atoms with E-state index in [1.807, 2.05) is 0 Å². The fraction of sp³-hybridized carbons (Fsp3) is 0.562. The van der Waals surface area contributed by atoms with Crippen molar-refractivity contribution in [3.8, 4) is 5.75 Å². The third-order valence-corrected chi connectivity index (χ3v) is 4.31. The maximum absolute atomic E-state index is 13.6. The molecule has 1 amide bonds. The van der Waals surface area contributed by atoms with Crippen molar-refractivity contribution in [1.29, 1.82) is 0 Å². The number of halogens is 4. The number of carbonyl (C=O) groups excluding carboxylic acids is 1. The maximum atomic E-state index is 13.6. The van der Waals surface area contributed by atoms with Crippen LogP contribution in [0.15, 0.2) is 18.2 Å². The lowest BCUT2D eigenvalue weighted by molar-refractivity contribution is -0.272. The number of nitrogens with zero attached hydrogens (tertiary/aromatic N) is 1. The Kier molecular flexibility index (Phi) is 5.37. The van der Waals surface area contributed by atoms with E-state index in [1.54, 1.807) is 6.07 Å². The van der Waals surface area contributed by atoms with Crippen molar-refractivity contribution in [1.82, 2.24) is 4.90 Å². The molecule has 1 aliphatic heterocycles. The van der Waals surface area contributed by atoms with Crippen molar-refractivity contribution in [3.63, 3.8) is 0 Å². The van der Waals surface area contributed by atoms with Crippen LogP contribution < -0.4 is 4.74 Å². The van der Waals surface area contributed by atoms with E-state index in [1.165, 1.54) is 24.1 Å². The van der Waals surface area contributed by atoms with Crippen molar-refractivity contribution >= 4 is 5.91 Å². The second-order valence-corrected chi connectivity index (χ2v) is 5.88. The van der Waals surface area contributed by atoms with E-state index in [0.717, 1.165) is 0 Å². The second-order valence-electron chi connectivity index (χ2n) is 5.88. The quantitative estimate of drug-likeness (QED) is 0.851. The van der Waals surface area contributed by atoms with Gasteiger partial charge < -0.3 is 14.7 Å². The van der Waals surface area contributed by atoms with Crippen molar-refractivity contribution in [3.05, 3.63) is 29.6 Å². The first-order valence-corrected chi connectivity index (χ1v) is 7.55. The zero-order valence-corrected chi connectivity index (χ0v) is 13.2. The van der Waals surface area contributed by atoms with Crippen molar-refractivity contribution < 1.29 is 32.2 Å². The molecule has 24 heavy (non-hydrogen) atoms. The van der Waals surface area contributed by atoms with Gasteiger partial charge in [-0.15, -0.1) is 0 Å². The van der Waals surface area contributed by atoms with Gasteiger partial charge in [0.2, 0.25) is 5.91 Å². The number of benzene rings is 1. The van der Waals surface area contributed by atoms with Gasteiger partial charge in [-0.1, -0.05) is 6.07 Å². The Balaban J connectivity index is 1.87. The minimum atomic E-state index is -4.69. The number of carbonyl (C=O) groups is 1. The van der Waals surface area contributed by atoms with Crippen molar-refractivity contribution in [2.24, 2.45) is 0 Å². The number of hydrogen-bond donors (Lipinski definition) is 1. The highest BCUT2D eigenvalue weighted by atomic mass is 19.4. The summed E-state index contributed by atoms with van der Waals surface area (Å²) in [6, 6.07) is 4.36. The van der Waals surface area contributed by atoms with E-state index >= 15 is 0 Å². The van der Waals surface area contributed by atoms with Gasteiger partial charge in [-0.2, -0.15) is 13.2 Å². The number of aryl methyl sites for hydroxylation is 1. The van der Waals surface area contributed by atoms with Gasteiger partial charge in [0.15, 0.2) is 17.2 Å². The predicted molar refractivity (Wildman–Crippen MR) is 78.1 cm³/mol. The Morgan fingerprint density at radius 1 is 1.33 bits per heavy atom. The summed E-state index contributed by atoms with van der Waals surface area (Å²) >= 11 is 0. The normalized spacial score (nSPS) is 17.7. The van der Waals surface area contributed by atoms with Gasteiger partial charge in [-0.05, 0) is 24.1 Å². The molecule has 0 radical (unpaired) electrons. The Bertz CT molecular complexity index is 595. The fourth-order valence-electron chi connectivity index (χ4n) is 2.68. The predicted octanol–water partition coefficient (Wildman–Crippen LogP) is 2.68. The number of aliphatic hydroxyl groups is 1. The van der Waals surface area contributed by atoms with Crippen LogP contribution in [0.3, 0.4) is 0 Å². The van der Waals surface area contributed by atoms with Crippen LogP contribution in [0.4, 0.5) is 17.6 Å². The van der Waals surface area contributed by atoms with E-state index in [9.17, 15) is 27.5 Å². The minimum absolute atomic E-state index is 0.0657. The van der Waals surface area contributed by atoms with Crippen LogP contribution >= 0.6 is 0 Å². The average Bonchev–Trinajstić information content (AvgIpc) is 2.52. The summed E-state index contributed by atoms with van der Waals surface area (Å²) in [5.74, 6) is -0.737. The number of amides is 1. The summed E-state index contributed by atoms with van der Waals surface area (Å²) in [4.78, 5) is 13.4. The highest BCUT2D eigenvalue weighted by molar-refractivity contribution is 5.76. The molecule has 0 aliphatic carbocycles. The number of methoxy groups -OCH3 is 1. The largest absolute Gasteiger partial charge is 0.494 e. The summed E-state index contributed by atoms with van der Waals surface area (Å²) in [7, 11) is 1.35. The first-order valence-electron chi connectivity index (χ1n) is 7.55. The smallest absolute Gasteiger partial charge is 0.417 e. The SMILES string of the molecule is COc1ccc(CCC(=O)N2CCC(O)(C(F)(F)F)CC2)cc1F. The van der Waals surface area contributed by atoms with E-state index in [0.29, 0.717) is 5.56 Å². The Labute approximate surface area is 137 Å². The maximum Gasteiger partial charge on any atom is 0.417 e. The third kappa shape index (κ3) is 3.98. The molecule has 8 heteroatoms. The van der Waals surface area contributed by atoms with Crippen LogP contribution in [-0.4, -0.2) is 47.9 Å². The molecule has 1 aromatic carbocycles. The molecular weight excluding hydrogens is 330 g/mol. The second kappa shape index (κ2) is 6.96. The fourth-order valence-corrected chi connectivity index (χ4v) is 2.68. The number of rotatable bonds is 4. The molecule has 134 valence electrons. The Morgan fingerprint density at radius 2 is 1.96 bits per heavy atom. The van der Waals surface area contributed by atoms with E-state index in [-0.39, 0.29) is 37.6 Å². The first-order chi connectivity index (χ1) is 11.2. The van der Waals surface area contributed by atoms with E-state index in [4.69, 9.17) is 4.74 Å². The summed E-state index contributed by atoms with van der Waals surface area (Å²) in [6.07, 6.45) is -5.41. The van der Waals surface area contributed by atoms with Gasteiger partial charge in [-0.25, -0.2) is 4.39 Å². The molecule has 0 spiro atoms. The lowest BCUT2D eigenvalue weighted by Gasteiger charge is -2.39. The molecule has 1 saturated heterocycles. The van der Waals surface area contributed by atoms with Crippen LogP contribution in [0.1, 0.15) is 24.8 Å². The standard InChI is InChI=1S/C16H19F4NO3/c1-24-13-4-2-11(10-12(13)17)3-5-14(22)21-8-6-15(23,7-9-21)16(18,19)20/h2,4,10,23H,3,5-9H2,1H3.